The van der Waals surface area contributed by atoms with Gasteiger partial charge < -0.3 is 17.7 Å². The molecule has 4 aromatic rings. The van der Waals surface area contributed by atoms with E-state index in [0.29, 0.717) is 24.9 Å². The van der Waals surface area contributed by atoms with Crippen molar-refractivity contribution in [3.8, 4) is 5.75 Å². The van der Waals surface area contributed by atoms with Gasteiger partial charge in [0, 0.05) is 57.1 Å². The van der Waals surface area contributed by atoms with Crippen molar-refractivity contribution in [2.75, 3.05) is 24.9 Å². The third-order valence-corrected chi connectivity index (χ3v) is 12.4. The number of aliphatic imine (C=N–C) groups is 1. The molecule has 2 atom stereocenters. The highest BCUT2D eigenvalue weighted by atomic mass is 32.2. The fourth-order valence-corrected chi connectivity index (χ4v) is 8.77. The number of rotatable bonds is 16. The molecule has 278 valence electrons. The van der Waals surface area contributed by atoms with E-state index in [0.717, 1.165) is 0 Å². The van der Waals surface area contributed by atoms with Gasteiger partial charge in [-0.2, -0.15) is 21.8 Å². The molecule has 1 aliphatic carbocycles. The molecule has 1 aromatic carbocycles. The van der Waals surface area contributed by atoms with Crippen LogP contribution in [0.25, 0.3) is 0 Å². The van der Waals surface area contributed by atoms with Crippen molar-refractivity contribution in [2.24, 2.45) is 25.0 Å². The predicted molar refractivity (Wildman–Crippen MR) is 190 cm³/mol. The van der Waals surface area contributed by atoms with Crippen molar-refractivity contribution < 1.29 is 38.3 Å². The van der Waals surface area contributed by atoms with Crippen molar-refractivity contribution in [3.63, 3.8) is 0 Å². The first kappa shape index (κ1) is 37.1. The van der Waals surface area contributed by atoms with Crippen LogP contribution in [0.1, 0.15) is 49.0 Å². The minimum atomic E-state index is -4.52. The Morgan fingerprint density at radius 2 is 1.69 bits per heavy atom. The van der Waals surface area contributed by atoms with Gasteiger partial charge in [0.15, 0.2) is 17.1 Å². The van der Waals surface area contributed by atoms with E-state index >= 15 is 0 Å². The van der Waals surface area contributed by atoms with E-state index in [2.05, 4.69) is 24.4 Å². The van der Waals surface area contributed by atoms with Gasteiger partial charge in [-0.1, -0.05) is 12.1 Å². The van der Waals surface area contributed by atoms with Gasteiger partial charge in [-0.25, -0.2) is 27.9 Å². The fourth-order valence-electron chi connectivity index (χ4n) is 5.68. The Kier molecular flexibility index (Phi) is 10.0. The third kappa shape index (κ3) is 8.20. The maximum absolute atomic E-state index is 13.9. The first-order chi connectivity index (χ1) is 24.5. The molecule has 2 unspecified atom stereocenters. The van der Waals surface area contributed by atoms with Gasteiger partial charge in [-0.05, 0) is 49.8 Å². The Labute approximate surface area is 301 Å². The highest BCUT2D eigenvalue weighted by Gasteiger charge is 2.39. The Morgan fingerprint density at radius 1 is 1.00 bits per heavy atom. The smallest absolute Gasteiger partial charge is 0.358 e. The number of hydrogen-bond donors (Lipinski definition) is 2. The second-order valence-electron chi connectivity index (χ2n) is 13.0. The van der Waals surface area contributed by atoms with Gasteiger partial charge in [-0.3, -0.25) is 9.21 Å². The maximum atomic E-state index is 13.9. The number of sulfonamides is 2. The molecule has 2 N–H and O–H groups in total. The molecule has 1 fully saturated rings. The molecule has 1 saturated carbocycles. The Hall–Kier alpha value is -4.63. The van der Waals surface area contributed by atoms with E-state index in [4.69, 9.17) is 8.60 Å². The number of benzene rings is 1. The molecular weight excluding hydrogens is 737 g/mol. The zero-order chi connectivity index (χ0) is 37.5. The lowest BCUT2D eigenvalue weighted by Gasteiger charge is -2.20. The van der Waals surface area contributed by atoms with Crippen LogP contribution in [0.4, 0.5) is 5.69 Å². The number of anilines is 1. The average molecular weight is 776 g/mol. The summed E-state index contributed by atoms with van der Waals surface area (Å²) in [6, 6.07) is 7.78. The number of quaternary nitrogens is 1. The van der Waals surface area contributed by atoms with E-state index in [1.54, 1.807) is 38.4 Å². The van der Waals surface area contributed by atoms with Crippen LogP contribution in [-0.2, 0) is 50.7 Å². The fraction of sp³-hybridized carbons (Fsp3) is 0.375. The lowest BCUT2D eigenvalue weighted by molar-refractivity contribution is -0.754. The lowest BCUT2D eigenvalue weighted by Crippen LogP contribution is -2.34. The Bertz CT molecular complexity index is 2450. The van der Waals surface area contributed by atoms with Gasteiger partial charge in [0.25, 0.3) is 20.0 Å². The second kappa shape index (κ2) is 14.1. The van der Waals surface area contributed by atoms with Gasteiger partial charge >= 0.3 is 15.7 Å². The summed E-state index contributed by atoms with van der Waals surface area (Å²) in [5, 5.41) is -0.648. The minimum Gasteiger partial charge on any atom is -0.427 e. The molecule has 0 radical (unpaired) electrons. The molecule has 0 saturated heterocycles. The first-order valence-corrected chi connectivity index (χ1v) is 20.7. The summed E-state index contributed by atoms with van der Waals surface area (Å²) in [5.41, 5.74) is -0.167. The first-order valence-electron chi connectivity index (χ1n) is 16.3. The summed E-state index contributed by atoms with van der Waals surface area (Å²) in [4.78, 5) is 25.7. The molecule has 0 bridgehead atoms. The number of nitrogens with zero attached hydrogens (tertiary/aromatic N) is 6. The normalized spacial score (nSPS) is 18.3. The van der Waals surface area contributed by atoms with Crippen LogP contribution in [0.3, 0.4) is 0 Å². The van der Waals surface area contributed by atoms with Crippen LogP contribution in [-0.4, -0.2) is 75.3 Å². The van der Waals surface area contributed by atoms with Crippen molar-refractivity contribution in [1.29, 1.82) is 0 Å². The van der Waals surface area contributed by atoms with Crippen LogP contribution in [0.2, 0.25) is 0 Å². The quantitative estimate of drug-likeness (QED) is 0.0958. The zero-order valence-corrected chi connectivity index (χ0v) is 31.3. The predicted octanol–water partition coefficient (Wildman–Crippen LogP) is 2.38. The molecule has 17 nitrogen and oxygen atoms in total. The lowest BCUT2D eigenvalue weighted by atomic mass is 9.87. The van der Waals surface area contributed by atoms with Gasteiger partial charge in [0.1, 0.15) is 12.0 Å². The summed E-state index contributed by atoms with van der Waals surface area (Å²) in [7, 11) is -7.40. The molecule has 4 heterocycles. The molecule has 20 heteroatoms. The van der Waals surface area contributed by atoms with E-state index in [9.17, 15) is 30.0 Å². The molecule has 1 aliphatic heterocycles. The minimum absolute atomic E-state index is 0.0230. The number of imidazole rings is 2. The third-order valence-electron chi connectivity index (χ3n) is 8.70. The van der Waals surface area contributed by atoms with Crippen molar-refractivity contribution in [1.82, 2.24) is 23.8 Å². The van der Waals surface area contributed by atoms with Crippen LogP contribution >= 0.6 is 0 Å². The molecule has 0 amide bonds. The van der Waals surface area contributed by atoms with Crippen LogP contribution < -0.4 is 19.3 Å². The monoisotopic (exact) mass is 775 g/mol. The van der Waals surface area contributed by atoms with E-state index < -0.39 is 41.7 Å². The van der Waals surface area contributed by atoms with Crippen LogP contribution in [0.15, 0.2) is 90.9 Å². The van der Waals surface area contributed by atoms with Crippen LogP contribution in [0, 0.1) is 5.92 Å². The molecular formula is C32H39N8O9S3+. The van der Waals surface area contributed by atoms with E-state index in [1.165, 1.54) is 52.8 Å². The summed E-state index contributed by atoms with van der Waals surface area (Å²) in [6.45, 7) is 2.50. The largest absolute Gasteiger partial charge is 0.427 e. The summed E-state index contributed by atoms with van der Waals surface area (Å²) < 4.78 is 98.1. The standard InChI is InChI=1S/C32H39N8O9S3/c1-5-40(4)18-29(35-21-40)50(42,43)36-13-7-10-25-15-26(49-52(46,47)28-17-39(3)20-34-28)31(32(41)48-25)30(22-11-12-22)23-8-6-9-24(14-23)37-51(44,45)27-16-38(2)19-33-27/h6,8-9,14-22,30,36-37H,5,7,10-13H2,1-4H3/q+1. The highest BCUT2D eigenvalue weighted by Crippen LogP contribution is 2.48. The summed E-state index contributed by atoms with van der Waals surface area (Å²) >= 11 is 0. The molecule has 6 rings (SSSR count). The Morgan fingerprint density at radius 3 is 2.31 bits per heavy atom. The highest BCUT2D eigenvalue weighted by molar-refractivity contribution is 7.93. The topological polar surface area (TPSA) is 214 Å². The SMILES string of the molecule is CC[N+]1(C)C=NC(S(=O)(=O)NCCCc2cc(OS(=O)(=O)c3cn(C)cn3)c(C(c3cccc(NS(=O)(=O)c4cn(C)cn4)c3)C3CC3)c(=O)o2)=C1. The molecule has 3 aromatic heterocycles. The summed E-state index contributed by atoms with van der Waals surface area (Å²) in [5.74, 6) is -1.03. The maximum Gasteiger partial charge on any atom is 0.358 e. The second-order valence-corrected chi connectivity index (χ2v) is 17.8. The Balaban J connectivity index is 1.30. The van der Waals surface area contributed by atoms with Crippen molar-refractivity contribution in [2.45, 2.75) is 48.6 Å². The van der Waals surface area contributed by atoms with Gasteiger partial charge in [0.05, 0.1) is 31.8 Å². The number of hydrogen-bond acceptors (Lipinski definition) is 12. The zero-order valence-electron chi connectivity index (χ0n) is 28.8. The van der Waals surface area contributed by atoms with E-state index in [-0.39, 0.29) is 67.6 Å². The molecule has 52 heavy (non-hydrogen) atoms. The summed E-state index contributed by atoms with van der Waals surface area (Å²) in [6.07, 6.45) is 10.0. The number of aryl methyl sites for hydroxylation is 3. The van der Waals surface area contributed by atoms with E-state index in [1.807, 2.05) is 14.0 Å². The van der Waals surface area contributed by atoms with Crippen LogP contribution in [0.5, 0.6) is 5.75 Å². The molecule has 2 aliphatic rings. The number of aromatic nitrogens is 4. The molecule has 0 spiro atoms. The number of nitrogens with one attached hydrogen (secondary N) is 2. The van der Waals surface area contributed by atoms with Crippen molar-refractivity contribution in [3.05, 3.63) is 93.9 Å². The average Bonchev–Trinajstić information content (AvgIpc) is 3.40. The van der Waals surface area contributed by atoms with Gasteiger partial charge in [-0.15, -0.1) is 0 Å². The van der Waals surface area contributed by atoms with Gasteiger partial charge in [0.2, 0.25) is 10.1 Å². The van der Waals surface area contributed by atoms with Crippen molar-refractivity contribution >= 4 is 42.2 Å².